The van der Waals surface area contributed by atoms with E-state index in [-0.39, 0.29) is 82.7 Å². The zero-order valence-electron chi connectivity index (χ0n) is 75.0. The number of carbonyl (C=O) groups excluding carboxylic acids is 8. The Kier molecular flexibility index (Phi) is 44.8. The van der Waals surface area contributed by atoms with E-state index in [4.69, 9.17) is 16.3 Å². The SMILES string of the molecule is CCCCNC(=O)C(C1CCCCC1)N(C(=O)c1ccccc1I)C(C)c1ccccc1.CCCCNC(=O)C(C1CCCCC1)N(C(=O)c1ccccc1I)c1ccc(Cl)cc1.CCCCNC(=O)C(C1CCCCC1)N(C(=O)c1ccccc1I)c1ccc(OC)cc1.CCCCNC(=O)C(C1CCCCC1)N(C(=O)c1ccccc1I)c1ccc([N+](=O)[O-])cc1. The predicted octanol–water partition coefficient (Wildman–Crippen LogP) is 24.3. The largest absolute Gasteiger partial charge is 0.497 e. The molecule has 5 atom stereocenters. The Bertz CT molecular complexity index is 4840. The van der Waals surface area contributed by atoms with Crippen molar-refractivity contribution >= 4 is 172 Å². The second-order valence-corrected chi connectivity index (χ2v) is 38.7. The first kappa shape index (κ1) is 104. The number of nitro groups is 1. The monoisotopic (exact) mass is 2210 g/mol. The van der Waals surface area contributed by atoms with Gasteiger partial charge in [-0.1, -0.05) is 221 Å². The Morgan fingerprint density at radius 3 is 0.930 bits per heavy atom. The molecule has 8 aromatic rings. The van der Waals surface area contributed by atoms with Gasteiger partial charge in [0.2, 0.25) is 23.6 Å². The number of amides is 8. The summed E-state index contributed by atoms with van der Waals surface area (Å²) in [6, 6.07) is 58.3. The van der Waals surface area contributed by atoms with Crippen molar-refractivity contribution in [3.05, 3.63) is 257 Å². The highest BCUT2D eigenvalue weighted by atomic mass is 127. The highest BCUT2D eigenvalue weighted by Crippen LogP contribution is 2.41. The van der Waals surface area contributed by atoms with E-state index in [1.165, 1.54) is 31.4 Å². The summed E-state index contributed by atoms with van der Waals surface area (Å²) in [5.74, 6) is 0.307. The number of carbonyl (C=O) groups is 8. The molecular weight excluding hydrogens is 2080 g/mol. The van der Waals surface area contributed by atoms with Gasteiger partial charge in [-0.25, -0.2) is 0 Å². The van der Waals surface area contributed by atoms with Crippen molar-refractivity contribution in [3.63, 3.8) is 0 Å². The van der Waals surface area contributed by atoms with Gasteiger partial charge >= 0.3 is 0 Å². The lowest BCUT2D eigenvalue weighted by atomic mass is 9.81. The number of benzene rings is 8. The second-order valence-electron chi connectivity index (χ2n) is 33.6. The van der Waals surface area contributed by atoms with Crippen LogP contribution in [0.3, 0.4) is 0 Å². The van der Waals surface area contributed by atoms with Crippen molar-refractivity contribution in [3.8, 4) is 5.75 Å². The smallest absolute Gasteiger partial charge is 0.269 e. The first-order chi connectivity index (χ1) is 62.1. The molecule has 8 amide bonds. The molecule has 25 heteroatoms. The molecule has 8 aromatic carbocycles. The zero-order chi connectivity index (χ0) is 91.9. The quantitative estimate of drug-likeness (QED) is 0.0126. The van der Waals surface area contributed by atoms with Crippen molar-refractivity contribution in [1.29, 1.82) is 0 Å². The fraction of sp³-hybridized carbons (Fsp3) is 0.456. The fourth-order valence-corrected chi connectivity index (χ4v) is 20.4. The Balaban J connectivity index is 0.000000193. The van der Waals surface area contributed by atoms with Crippen LogP contribution in [0.25, 0.3) is 0 Å². The molecule has 128 heavy (non-hydrogen) atoms. The molecule has 4 saturated carbocycles. The standard InChI is InChI=1S/C27H35IN2O2.C26H33IN2O3.C25H30ClIN2O2.C25H30IN3O4/c1-3-4-19-29-26(31)25(22-15-9-6-10-16-22)30(20(2)21-13-7-5-8-14-21)27(32)23-17-11-12-18-24(23)28;1-3-4-18-28-25(30)24(19-10-6-5-7-11-19)29(20-14-16-21(32-2)17-15-20)26(31)22-12-8-9-13-23(22)27;1-2-3-17-28-24(30)23(18-9-5-4-6-10-18)29(20-15-13-19(26)14-16-20)25(31)21-11-7-8-12-22(21)27;1-2-3-17-27-24(30)23(18-9-5-4-6-10-18)28(19-13-15-20(16-14-19)29(32)33)25(31)21-11-7-8-12-22(21)26/h5,7-8,11-14,17-18,20,22,25H,3-4,6,9-10,15-16,19H2,1-2H3,(H,29,31);8-9,12-17,19,24H,3-7,10-11,18H2,1-2H3,(H,28,30);7-8,11-16,18,23H,2-6,9-10,17H2,1H3,(H,28,30);7-8,11-16,18,23H,2-6,9-10,17H2,1H3,(H,27,30). The van der Waals surface area contributed by atoms with Crippen LogP contribution in [0.2, 0.25) is 5.02 Å². The number of non-ortho nitro benzene ring substituents is 1. The van der Waals surface area contributed by atoms with Crippen LogP contribution in [0, 0.1) is 48.1 Å². The predicted molar refractivity (Wildman–Crippen MR) is 549 cm³/mol. The van der Waals surface area contributed by atoms with Crippen LogP contribution < -0.4 is 40.7 Å². The third-order valence-corrected chi connectivity index (χ3v) is 28.7. The summed E-state index contributed by atoms with van der Waals surface area (Å²) in [6.07, 6.45) is 28.6. The summed E-state index contributed by atoms with van der Waals surface area (Å²) in [5, 5.41) is 24.2. The van der Waals surface area contributed by atoms with Gasteiger partial charge in [-0.2, -0.15) is 0 Å². The van der Waals surface area contributed by atoms with E-state index < -0.39 is 29.1 Å². The highest BCUT2D eigenvalue weighted by molar-refractivity contribution is 14.1. The van der Waals surface area contributed by atoms with E-state index in [1.54, 1.807) is 58.2 Å². The topological polar surface area (TPSA) is 250 Å². The minimum absolute atomic E-state index is 0.00702. The zero-order valence-corrected chi connectivity index (χ0v) is 84.4. The Labute approximate surface area is 818 Å². The van der Waals surface area contributed by atoms with Crippen LogP contribution in [0.4, 0.5) is 22.7 Å². The van der Waals surface area contributed by atoms with Gasteiger partial charge in [0.05, 0.1) is 40.3 Å². The molecule has 0 bridgehead atoms. The molecule has 0 aromatic heterocycles. The molecule has 0 aliphatic heterocycles. The molecule has 0 radical (unpaired) electrons. The van der Waals surface area contributed by atoms with Crippen molar-refractivity contribution < 1.29 is 48.0 Å². The minimum atomic E-state index is -0.674. The van der Waals surface area contributed by atoms with E-state index in [0.717, 1.165) is 192 Å². The summed E-state index contributed by atoms with van der Waals surface area (Å²) in [5.41, 5.74) is 5.32. The van der Waals surface area contributed by atoms with Crippen LogP contribution in [-0.2, 0) is 19.2 Å². The Hall–Kier alpha value is -8.07. The van der Waals surface area contributed by atoms with Crippen molar-refractivity contribution in [2.45, 2.75) is 245 Å². The van der Waals surface area contributed by atoms with Gasteiger partial charge < -0.3 is 30.9 Å². The summed E-state index contributed by atoms with van der Waals surface area (Å²) < 4.78 is 8.77. The number of ether oxygens (including phenoxy) is 1. The number of hydrogen-bond acceptors (Lipinski definition) is 11. The molecule has 0 saturated heterocycles. The molecule has 12 rings (SSSR count). The van der Waals surface area contributed by atoms with Crippen molar-refractivity contribution in [2.24, 2.45) is 23.7 Å². The molecule has 5 unspecified atom stereocenters. The lowest BCUT2D eigenvalue weighted by molar-refractivity contribution is -0.384. The fourth-order valence-electron chi connectivity index (χ4n) is 17.8. The summed E-state index contributed by atoms with van der Waals surface area (Å²) in [6.45, 7) is 12.9. The summed E-state index contributed by atoms with van der Waals surface area (Å²) in [7, 11) is 1.62. The van der Waals surface area contributed by atoms with Crippen LogP contribution in [0.15, 0.2) is 200 Å². The number of methoxy groups -OCH3 is 1. The summed E-state index contributed by atoms with van der Waals surface area (Å²) >= 11 is 14.9. The van der Waals surface area contributed by atoms with Gasteiger partial charge in [-0.05, 0) is 313 Å². The first-order valence-corrected chi connectivity index (χ1v) is 50.9. The van der Waals surface area contributed by atoms with Gasteiger partial charge in [0.1, 0.15) is 29.9 Å². The van der Waals surface area contributed by atoms with Gasteiger partial charge in [-0.15, -0.1) is 0 Å². The maximum absolute atomic E-state index is 14.0. The maximum Gasteiger partial charge on any atom is 0.269 e. The number of nitrogens with one attached hydrogen (secondary N) is 4. The number of rotatable bonds is 35. The third kappa shape index (κ3) is 30.0. The average molecular weight is 2210 g/mol. The van der Waals surface area contributed by atoms with Gasteiger partial charge in [-0.3, -0.25) is 63.2 Å². The highest BCUT2D eigenvalue weighted by Gasteiger charge is 2.44. The Morgan fingerprint density at radius 1 is 0.375 bits per heavy atom. The molecule has 4 fully saturated rings. The first-order valence-electron chi connectivity index (χ1n) is 46.2. The number of hydrogen-bond donors (Lipinski definition) is 4. The van der Waals surface area contributed by atoms with Gasteiger partial charge in [0.25, 0.3) is 29.3 Å². The molecule has 20 nitrogen and oxygen atoms in total. The number of anilines is 3. The number of nitro benzene ring substituents is 1. The number of nitrogens with zero attached hydrogens (tertiary/aromatic N) is 5. The molecule has 0 spiro atoms. The average Bonchev–Trinajstić information content (AvgIpc) is 0.801. The van der Waals surface area contributed by atoms with Crippen LogP contribution in [0.5, 0.6) is 5.75 Å². The molecule has 686 valence electrons. The molecule has 4 aliphatic carbocycles. The molecular formula is C103H128ClI4N9O11. The van der Waals surface area contributed by atoms with Crippen LogP contribution >= 0.6 is 102 Å². The van der Waals surface area contributed by atoms with Crippen molar-refractivity contribution in [2.75, 3.05) is 48.0 Å². The van der Waals surface area contributed by atoms with Gasteiger partial charge in [0, 0.05) is 74.7 Å². The molecule has 4 N–H and O–H groups in total. The van der Waals surface area contributed by atoms with E-state index in [1.807, 2.05) is 157 Å². The van der Waals surface area contributed by atoms with Crippen LogP contribution in [-0.4, -0.2) is 115 Å². The van der Waals surface area contributed by atoms with E-state index in [2.05, 4.69) is 146 Å². The third-order valence-electron chi connectivity index (χ3n) is 24.7. The lowest BCUT2D eigenvalue weighted by Gasteiger charge is -2.41. The minimum Gasteiger partial charge on any atom is -0.497 e. The summed E-state index contributed by atoms with van der Waals surface area (Å²) in [4.78, 5) is 128. The van der Waals surface area contributed by atoms with Gasteiger partial charge in [0.15, 0.2) is 0 Å². The lowest BCUT2D eigenvalue weighted by Crippen LogP contribution is -2.54. The number of unbranched alkanes of at least 4 members (excludes halogenated alkanes) is 4. The number of halogens is 5. The van der Waals surface area contributed by atoms with Crippen LogP contribution in [0.1, 0.15) is 267 Å². The van der Waals surface area contributed by atoms with E-state index in [9.17, 15) is 48.5 Å². The van der Waals surface area contributed by atoms with Crippen molar-refractivity contribution in [1.82, 2.24) is 26.2 Å². The normalized spacial score (nSPS) is 15.4. The Morgan fingerprint density at radius 2 is 0.641 bits per heavy atom. The van der Waals surface area contributed by atoms with E-state index >= 15 is 0 Å². The van der Waals surface area contributed by atoms with E-state index in [0.29, 0.717) is 64.8 Å². The molecule has 0 heterocycles. The second kappa shape index (κ2) is 55.3. The maximum atomic E-state index is 14.0. The molecule has 4 aliphatic rings.